The SMILES string of the molecule is CC[C@@H](NC(=O)c1cccc([N+](=O)[O-])c1O)[C@H]1CCCO1. The molecule has 114 valence electrons. The lowest BCUT2D eigenvalue weighted by Crippen LogP contribution is -2.42. The highest BCUT2D eigenvalue weighted by Crippen LogP contribution is 2.29. The average Bonchev–Trinajstić information content (AvgIpc) is 2.98. The van der Waals surface area contributed by atoms with Crippen molar-refractivity contribution in [3.05, 3.63) is 33.9 Å². The summed E-state index contributed by atoms with van der Waals surface area (Å²) in [6, 6.07) is 3.72. The number of hydrogen-bond acceptors (Lipinski definition) is 5. The minimum Gasteiger partial charge on any atom is -0.502 e. The Morgan fingerprint density at radius 3 is 2.95 bits per heavy atom. The Morgan fingerprint density at radius 2 is 2.38 bits per heavy atom. The summed E-state index contributed by atoms with van der Waals surface area (Å²) < 4.78 is 5.55. The van der Waals surface area contributed by atoms with Crippen LogP contribution in [0.15, 0.2) is 18.2 Å². The largest absolute Gasteiger partial charge is 0.502 e. The van der Waals surface area contributed by atoms with Crippen molar-refractivity contribution in [2.24, 2.45) is 0 Å². The summed E-state index contributed by atoms with van der Waals surface area (Å²) in [5.41, 5.74) is -0.575. The van der Waals surface area contributed by atoms with Crippen LogP contribution < -0.4 is 5.32 Å². The summed E-state index contributed by atoms with van der Waals surface area (Å²) >= 11 is 0. The maximum Gasteiger partial charge on any atom is 0.311 e. The second-order valence-corrected chi connectivity index (χ2v) is 4.97. The van der Waals surface area contributed by atoms with E-state index in [0.717, 1.165) is 18.9 Å². The van der Waals surface area contributed by atoms with Gasteiger partial charge < -0.3 is 15.2 Å². The van der Waals surface area contributed by atoms with Crippen molar-refractivity contribution in [2.45, 2.75) is 38.3 Å². The van der Waals surface area contributed by atoms with Gasteiger partial charge in [-0.05, 0) is 25.3 Å². The number of amides is 1. The number of para-hydroxylation sites is 1. The lowest BCUT2D eigenvalue weighted by Gasteiger charge is -2.23. The first kappa shape index (κ1) is 15.2. The molecule has 7 heteroatoms. The molecule has 0 aromatic heterocycles. The molecule has 2 atom stereocenters. The van der Waals surface area contributed by atoms with Crippen LogP contribution in [0.3, 0.4) is 0 Å². The zero-order chi connectivity index (χ0) is 15.4. The zero-order valence-electron chi connectivity index (χ0n) is 11.7. The predicted molar refractivity (Wildman–Crippen MR) is 75.3 cm³/mol. The summed E-state index contributed by atoms with van der Waals surface area (Å²) in [6.07, 6.45) is 2.48. The van der Waals surface area contributed by atoms with E-state index >= 15 is 0 Å². The molecular formula is C14H18N2O5. The average molecular weight is 294 g/mol. The highest BCUT2D eigenvalue weighted by atomic mass is 16.6. The van der Waals surface area contributed by atoms with E-state index in [9.17, 15) is 20.0 Å². The molecule has 1 amide bonds. The van der Waals surface area contributed by atoms with E-state index in [1.54, 1.807) is 0 Å². The molecule has 1 saturated heterocycles. The molecule has 1 fully saturated rings. The van der Waals surface area contributed by atoms with Crippen molar-refractivity contribution in [3.63, 3.8) is 0 Å². The van der Waals surface area contributed by atoms with Crippen LogP contribution >= 0.6 is 0 Å². The van der Waals surface area contributed by atoms with Crippen LogP contribution in [0, 0.1) is 10.1 Å². The third-order valence-corrected chi connectivity index (χ3v) is 3.63. The van der Waals surface area contributed by atoms with Gasteiger partial charge >= 0.3 is 5.69 Å². The van der Waals surface area contributed by atoms with Crippen LogP contribution in [0.1, 0.15) is 36.5 Å². The van der Waals surface area contributed by atoms with Gasteiger partial charge in [0, 0.05) is 12.7 Å². The van der Waals surface area contributed by atoms with Crippen LogP contribution in [-0.4, -0.2) is 34.7 Å². The standard InChI is InChI=1S/C14H18N2O5/c1-2-10(12-7-4-8-21-12)15-14(18)9-5-3-6-11(13(9)17)16(19)20/h3,5-6,10,12,17H,2,4,7-8H2,1H3,(H,15,18)/t10-,12-/m1/s1. The number of hydrogen-bond donors (Lipinski definition) is 2. The van der Waals surface area contributed by atoms with Gasteiger partial charge in [-0.15, -0.1) is 0 Å². The second-order valence-electron chi connectivity index (χ2n) is 4.97. The van der Waals surface area contributed by atoms with Gasteiger partial charge in [0.2, 0.25) is 5.75 Å². The second kappa shape index (κ2) is 6.53. The van der Waals surface area contributed by atoms with Crippen molar-refractivity contribution in [1.29, 1.82) is 0 Å². The van der Waals surface area contributed by atoms with Gasteiger partial charge in [-0.2, -0.15) is 0 Å². The Balaban J connectivity index is 2.16. The topological polar surface area (TPSA) is 102 Å². The Bertz CT molecular complexity index is 540. The minimum absolute atomic E-state index is 0.0419. The number of ether oxygens (including phenoxy) is 1. The number of nitro groups is 1. The van der Waals surface area contributed by atoms with Gasteiger partial charge in [0.1, 0.15) is 0 Å². The summed E-state index contributed by atoms with van der Waals surface area (Å²) in [5.74, 6) is -1.14. The molecule has 7 nitrogen and oxygen atoms in total. The van der Waals surface area contributed by atoms with Gasteiger partial charge in [0.25, 0.3) is 5.91 Å². The first-order chi connectivity index (χ1) is 10.0. The fraction of sp³-hybridized carbons (Fsp3) is 0.500. The van der Waals surface area contributed by atoms with Crippen molar-refractivity contribution < 1.29 is 19.6 Å². The normalized spacial score (nSPS) is 19.2. The minimum atomic E-state index is -0.719. The van der Waals surface area contributed by atoms with Gasteiger partial charge in [0.15, 0.2) is 0 Å². The highest BCUT2D eigenvalue weighted by Gasteiger charge is 2.28. The predicted octanol–water partition coefficient (Wildman–Crippen LogP) is 1.99. The van der Waals surface area contributed by atoms with Crippen LogP contribution in [-0.2, 0) is 4.74 Å². The molecule has 0 bridgehead atoms. The van der Waals surface area contributed by atoms with Crippen LogP contribution in [0.5, 0.6) is 5.75 Å². The van der Waals surface area contributed by atoms with Gasteiger partial charge in [-0.1, -0.05) is 13.0 Å². The van der Waals surface area contributed by atoms with Crippen molar-refractivity contribution in [1.82, 2.24) is 5.32 Å². The van der Waals surface area contributed by atoms with Crippen molar-refractivity contribution >= 4 is 11.6 Å². The maximum atomic E-state index is 12.2. The molecule has 1 aliphatic heterocycles. The van der Waals surface area contributed by atoms with E-state index in [-0.39, 0.29) is 17.7 Å². The van der Waals surface area contributed by atoms with Gasteiger partial charge in [-0.3, -0.25) is 14.9 Å². The smallest absolute Gasteiger partial charge is 0.311 e. The summed E-state index contributed by atoms with van der Waals surface area (Å²) in [6.45, 7) is 2.61. The number of aromatic hydroxyl groups is 1. The summed E-state index contributed by atoms with van der Waals surface area (Å²) in [4.78, 5) is 22.3. The Kier molecular flexibility index (Phi) is 4.74. The van der Waals surface area contributed by atoms with Crippen LogP contribution in [0.2, 0.25) is 0 Å². The highest BCUT2D eigenvalue weighted by molar-refractivity contribution is 5.98. The molecule has 1 aromatic carbocycles. The van der Waals surface area contributed by atoms with E-state index in [4.69, 9.17) is 4.74 Å². The number of benzene rings is 1. The lowest BCUT2D eigenvalue weighted by molar-refractivity contribution is -0.385. The fourth-order valence-corrected chi connectivity index (χ4v) is 2.49. The zero-order valence-corrected chi connectivity index (χ0v) is 11.7. The molecule has 1 heterocycles. The first-order valence-electron chi connectivity index (χ1n) is 6.93. The number of nitrogens with zero attached hydrogens (tertiary/aromatic N) is 1. The number of nitro benzene ring substituents is 1. The molecule has 2 N–H and O–H groups in total. The number of phenolic OH excluding ortho intramolecular Hbond substituents is 1. The van der Waals surface area contributed by atoms with E-state index in [0.29, 0.717) is 13.0 Å². The third kappa shape index (κ3) is 3.30. The number of carbonyl (C=O) groups excluding carboxylic acids is 1. The molecule has 1 aromatic rings. The van der Waals surface area contributed by atoms with E-state index in [1.807, 2.05) is 6.92 Å². The molecule has 0 unspecified atom stereocenters. The number of phenols is 1. The van der Waals surface area contributed by atoms with Crippen molar-refractivity contribution in [3.8, 4) is 5.75 Å². The molecule has 21 heavy (non-hydrogen) atoms. The summed E-state index contributed by atoms with van der Waals surface area (Å²) in [7, 11) is 0. The Labute approximate surface area is 122 Å². The van der Waals surface area contributed by atoms with Gasteiger partial charge in [-0.25, -0.2) is 0 Å². The van der Waals surface area contributed by atoms with Crippen LogP contribution in [0.25, 0.3) is 0 Å². The lowest BCUT2D eigenvalue weighted by atomic mass is 10.0. The summed E-state index contributed by atoms with van der Waals surface area (Å²) in [5, 5.41) is 23.4. The van der Waals surface area contributed by atoms with Crippen LogP contribution in [0.4, 0.5) is 5.69 Å². The monoisotopic (exact) mass is 294 g/mol. The maximum absolute atomic E-state index is 12.2. The van der Waals surface area contributed by atoms with Crippen molar-refractivity contribution in [2.75, 3.05) is 6.61 Å². The van der Waals surface area contributed by atoms with Gasteiger partial charge in [0.05, 0.1) is 22.6 Å². The Morgan fingerprint density at radius 1 is 1.62 bits per heavy atom. The third-order valence-electron chi connectivity index (χ3n) is 3.63. The number of rotatable bonds is 5. The molecule has 0 aliphatic carbocycles. The fourth-order valence-electron chi connectivity index (χ4n) is 2.49. The number of carbonyl (C=O) groups is 1. The first-order valence-corrected chi connectivity index (χ1v) is 6.93. The van der Waals surface area contributed by atoms with E-state index in [2.05, 4.69) is 5.32 Å². The molecule has 0 spiro atoms. The van der Waals surface area contributed by atoms with E-state index in [1.165, 1.54) is 12.1 Å². The Hall–Kier alpha value is -2.15. The quantitative estimate of drug-likeness (QED) is 0.638. The molecule has 2 rings (SSSR count). The molecular weight excluding hydrogens is 276 g/mol. The van der Waals surface area contributed by atoms with E-state index < -0.39 is 22.3 Å². The molecule has 0 saturated carbocycles. The molecule has 1 aliphatic rings. The number of nitrogens with one attached hydrogen (secondary N) is 1. The molecule has 0 radical (unpaired) electrons.